The molecule has 2 aliphatic heterocycles. The van der Waals surface area contributed by atoms with Gasteiger partial charge in [0, 0.05) is 36.9 Å². The monoisotopic (exact) mass is 373 g/mol. The number of nitrogens with two attached hydrogens (primary N) is 1. The van der Waals surface area contributed by atoms with E-state index in [1.807, 2.05) is 19.1 Å². The van der Waals surface area contributed by atoms with Gasteiger partial charge in [0.15, 0.2) is 10.9 Å². The van der Waals surface area contributed by atoms with Gasteiger partial charge >= 0.3 is 0 Å². The zero-order valence-electron chi connectivity index (χ0n) is 14.9. The number of rotatable bonds is 4. The number of morpholine rings is 1. The number of hydrogen-bond acceptors (Lipinski definition) is 7. The van der Waals surface area contributed by atoms with E-state index in [0.717, 1.165) is 46.9 Å². The van der Waals surface area contributed by atoms with Gasteiger partial charge in [-0.05, 0) is 37.1 Å². The molecule has 138 valence electrons. The molecule has 6 nitrogen and oxygen atoms in total. The largest absolute Gasteiger partial charge is 0.381 e. The molecule has 1 atom stereocenters. The third kappa shape index (κ3) is 3.47. The molecule has 26 heavy (non-hydrogen) atoms. The van der Waals surface area contributed by atoms with E-state index in [1.54, 1.807) is 0 Å². The van der Waals surface area contributed by atoms with Crippen molar-refractivity contribution in [2.24, 2.45) is 5.92 Å². The molecule has 0 amide bonds. The minimum atomic E-state index is -0.0459. The number of nitrogen functional groups attached to an aromatic ring is 1. The number of Topliss-reactive ketones (excluding diaryl/α,β-unsaturated/α-hetero) is 1. The summed E-state index contributed by atoms with van der Waals surface area (Å²) in [4.78, 5) is 20.6. The summed E-state index contributed by atoms with van der Waals surface area (Å²) in [5, 5.41) is 0.548. The molecule has 1 unspecified atom stereocenters. The molecule has 2 saturated heterocycles. The molecule has 2 fully saturated rings. The first-order chi connectivity index (χ1) is 12.6. The van der Waals surface area contributed by atoms with Crippen molar-refractivity contribution in [1.29, 1.82) is 0 Å². The number of nitrogens with zero attached hydrogens (tertiary/aromatic N) is 2. The van der Waals surface area contributed by atoms with E-state index in [0.29, 0.717) is 31.6 Å². The van der Waals surface area contributed by atoms with E-state index >= 15 is 0 Å². The molecule has 2 N–H and O–H groups in total. The van der Waals surface area contributed by atoms with Crippen molar-refractivity contribution < 1.29 is 14.3 Å². The summed E-state index contributed by atoms with van der Waals surface area (Å²) in [5.41, 5.74) is 9.59. The fraction of sp³-hybridized carbons (Fsp3) is 0.474. The quantitative estimate of drug-likeness (QED) is 0.831. The van der Waals surface area contributed by atoms with Crippen LogP contribution in [0.15, 0.2) is 18.2 Å². The van der Waals surface area contributed by atoms with Crippen LogP contribution < -0.4 is 10.6 Å². The van der Waals surface area contributed by atoms with Crippen LogP contribution in [0.2, 0.25) is 0 Å². The molecule has 0 saturated carbocycles. The van der Waals surface area contributed by atoms with Crippen molar-refractivity contribution >= 4 is 27.9 Å². The highest BCUT2D eigenvalue weighted by atomic mass is 32.1. The van der Waals surface area contributed by atoms with Crippen molar-refractivity contribution in [1.82, 2.24) is 4.98 Å². The lowest BCUT2D eigenvalue weighted by atomic mass is 9.94. The highest BCUT2D eigenvalue weighted by Gasteiger charge is 2.26. The van der Waals surface area contributed by atoms with E-state index < -0.39 is 0 Å². The van der Waals surface area contributed by atoms with Gasteiger partial charge in [0.05, 0.1) is 30.4 Å². The van der Waals surface area contributed by atoms with E-state index in [1.165, 1.54) is 11.3 Å². The Kier molecular flexibility index (Phi) is 4.93. The summed E-state index contributed by atoms with van der Waals surface area (Å²) in [5.74, 6) is 0.115. The van der Waals surface area contributed by atoms with Gasteiger partial charge in [-0.15, -0.1) is 0 Å². The predicted molar refractivity (Wildman–Crippen MR) is 103 cm³/mol. The Bertz CT molecular complexity index is 808. The Hall–Kier alpha value is -1.96. The number of ether oxygens (including phenoxy) is 2. The standard InChI is InChI=1S/C19H23N3O3S/c1-12-18(26-19(20)21-12)15-8-14(17(23)13-2-5-25-11-13)9-16(10-15)22-3-6-24-7-4-22/h8-10,13H,2-7,11H2,1H3,(H2,20,21). The van der Waals surface area contributed by atoms with Gasteiger partial charge in [-0.2, -0.15) is 0 Å². The molecule has 2 aromatic rings. The fourth-order valence-electron chi connectivity index (χ4n) is 3.55. The third-order valence-electron chi connectivity index (χ3n) is 4.95. The summed E-state index contributed by atoms with van der Waals surface area (Å²) in [6.45, 7) is 6.20. The summed E-state index contributed by atoms with van der Waals surface area (Å²) in [7, 11) is 0. The first-order valence-electron chi connectivity index (χ1n) is 8.95. The van der Waals surface area contributed by atoms with Gasteiger partial charge in [0.25, 0.3) is 0 Å². The molecular formula is C19H23N3O3S. The first kappa shape index (κ1) is 17.5. The summed E-state index contributed by atoms with van der Waals surface area (Å²) in [6.07, 6.45) is 0.794. The van der Waals surface area contributed by atoms with Gasteiger partial charge in [0.2, 0.25) is 0 Å². The van der Waals surface area contributed by atoms with Gasteiger partial charge < -0.3 is 20.1 Å². The highest BCUT2D eigenvalue weighted by molar-refractivity contribution is 7.18. The number of hydrogen-bond donors (Lipinski definition) is 1. The predicted octanol–water partition coefficient (Wildman–Crippen LogP) is 2.76. The van der Waals surface area contributed by atoms with Gasteiger partial charge in [-0.1, -0.05) is 11.3 Å². The zero-order chi connectivity index (χ0) is 18.1. The molecule has 0 aliphatic carbocycles. The Morgan fingerprint density at radius 2 is 2.04 bits per heavy atom. The molecule has 2 aliphatic rings. The Balaban J connectivity index is 1.76. The topological polar surface area (TPSA) is 77.7 Å². The maximum atomic E-state index is 13.0. The van der Waals surface area contributed by atoms with Gasteiger partial charge in [-0.25, -0.2) is 4.98 Å². The fourth-order valence-corrected chi connectivity index (χ4v) is 4.37. The Labute approximate surface area is 156 Å². The smallest absolute Gasteiger partial charge is 0.180 e. The number of aromatic nitrogens is 1. The van der Waals surface area contributed by atoms with E-state index in [4.69, 9.17) is 15.2 Å². The SMILES string of the molecule is Cc1nc(N)sc1-c1cc(C(=O)C2CCOC2)cc(N2CCOCC2)c1. The van der Waals surface area contributed by atoms with Crippen molar-refractivity contribution in [2.75, 3.05) is 50.2 Å². The summed E-state index contributed by atoms with van der Waals surface area (Å²) >= 11 is 1.46. The van der Waals surface area contributed by atoms with Crippen LogP contribution in [-0.4, -0.2) is 50.3 Å². The second kappa shape index (κ2) is 7.34. The lowest BCUT2D eigenvalue weighted by molar-refractivity contribution is 0.0900. The highest BCUT2D eigenvalue weighted by Crippen LogP contribution is 2.35. The maximum Gasteiger partial charge on any atom is 0.180 e. The van der Waals surface area contributed by atoms with Crippen LogP contribution in [-0.2, 0) is 9.47 Å². The van der Waals surface area contributed by atoms with E-state index in [9.17, 15) is 4.79 Å². The van der Waals surface area contributed by atoms with Gasteiger partial charge in [0.1, 0.15) is 0 Å². The molecular weight excluding hydrogens is 350 g/mol. The molecule has 0 radical (unpaired) electrons. The van der Waals surface area contributed by atoms with Crippen molar-refractivity contribution in [3.8, 4) is 10.4 Å². The van der Waals surface area contributed by atoms with Crippen LogP contribution in [0.4, 0.5) is 10.8 Å². The number of benzene rings is 1. The molecule has 1 aromatic heterocycles. The van der Waals surface area contributed by atoms with Crippen LogP contribution in [0.25, 0.3) is 10.4 Å². The number of carbonyl (C=O) groups excluding carboxylic acids is 1. The molecule has 0 bridgehead atoms. The van der Waals surface area contributed by atoms with Gasteiger partial charge in [-0.3, -0.25) is 4.79 Å². The van der Waals surface area contributed by atoms with Crippen LogP contribution in [0.1, 0.15) is 22.5 Å². The number of carbonyl (C=O) groups is 1. The average molecular weight is 373 g/mol. The second-order valence-electron chi connectivity index (χ2n) is 6.76. The van der Waals surface area contributed by atoms with E-state index in [2.05, 4.69) is 16.0 Å². The first-order valence-corrected chi connectivity index (χ1v) is 9.76. The maximum absolute atomic E-state index is 13.0. The number of anilines is 2. The lowest BCUT2D eigenvalue weighted by Crippen LogP contribution is -2.36. The van der Waals surface area contributed by atoms with Crippen molar-refractivity contribution in [3.05, 3.63) is 29.5 Å². The van der Waals surface area contributed by atoms with Crippen LogP contribution in [0.3, 0.4) is 0 Å². The summed E-state index contributed by atoms with van der Waals surface area (Å²) in [6, 6.07) is 6.12. The minimum Gasteiger partial charge on any atom is -0.381 e. The second-order valence-corrected chi connectivity index (χ2v) is 7.79. The Morgan fingerprint density at radius 3 is 2.69 bits per heavy atom. The number of ketones is 1. The van der Waals surface area contributed by atoms with Crippen molar-refractivity contribution in [2.45, 2.75) is 13.3 Å². The average Bonchev–Trinajstić information content (AvgIpc) is 3.31. The van der Waals surface area contributed by atoms with Crippen LogP contribution in [0, 0.1) is 12.8 Å². The lowest BCUT2D eigenvalue weighted by Gasteiger charge is -2.29. The molecule has 1 aromatic carbocycles. The van der Waals surface area contributed by atoms with Crippen LogP contribution in [0.5, 0.6) is 0 Å². The minimum absolute atomic E-state index is 0.0459. The Morgan fingerprint density at radius 1 is 1.23 bits per heavy atom. The van der Waals surface area contributed by atoms with Crippen molar-refractivity contribution in [3.63, 3.8) is 0 Å². The normalized spacial score (nSPS) is 20.5. The molecule has 3 heterocycles. The zero-order valence-corrected chi connectivity index (χ0v) is 15.7. The van der Waals surface area contributed by atoms with Crippen LogP contribution >= 0.6 is 11.3 Å². The number of aryl methyl sites for hydroxylation is 1. The number of thiazole rings is 1. The third-order valence-corrected chi connectivity index (χ3v) is 5.99. The molecule has 4 rings (SSSR count). The molecule has 7 heteroatoms. The van der Waals surface area contributed by atoms with E-state index in [-0.39, 0.29) is 11.7 Å². The summed E-state index contributed by atoms with van der Waals surface area (Å²) < 4.78 is 10.9. The molecule has 0 spiro atoms.